The fraction of sp³-hybridized carbons (Fsp3) is 0.575. The Morgan fingerprint density at radius 1 is 1.11 bits per heavy atom. The van der Waals surface area contributed by atoms with Gasteiger partial charge in [-0.2, -0.15) is 13.2 Å². The molecule has 0 bridgehead atoms. The number of anilines is 1. The summed E-state index contributed by atoms with van der Waals surface area (Å²) in [4.78, 5) is 47.0. The molecule has 1 unspecified atom stereocenters. The van der Waals surface area contributed by atoms with Crippen LogP contribution in [0.3, 0.4) is 0 Å². The van der Waals surface area contributed by atoms with Crippen LogP contribution in [0.2, 0.25) is 5.02 Å². The van der Waals surface area contributed by atoms with Gasteiger partial charge in [-0.25, -0.2) is 0 Å². The molecule has 55 heavy (non-hydrogen) atoms. The quantitative estimate of drug-likeness (QED) is 0.214. The number of alkyl halides is 3. The Labute approximate surface area is 323 Å². The molecule has 2 heterocycles. The first kappa shape index (κ1) is 41.0. The molecule has 0 aromatic heterocycles. The molecule has 1 saturated heterocycles. The molecule has 2 aromatic rings. The molecule has 6 rings (SSSR count). The van der Waals surface area contributed by atoms with E-state index in [1.165, 1.54) is 16.9 Å². The number of carbonyl (C=O) groups excluding carboxylic acids is 3. The third-order valence-electron chi connectivity index (χ3n) is 12.1. The summed E-state index contributed by atoms with van der Waals surface area (Å²) in [5.41, 5.74) is -0.466. The van der Waals surface area contributed by atoms with Crippen LogP contribution in [0.1, 0.15) is 70.1 Å². The number of carbonyl (C=O) groups is 3. The van der Waals surface area contributed by atoms with Crippen LogP contribution >= 0.6 is 11.6 Å². The second kappa shape index (κ2) is 15.3. The smallest absolute Gasteiger partial charge is 0.397 e. The zero-order valence-electron chi connectivity index (χ0n) is 31.7. The molecule has 10 atom stereocenters. The molecule has 2 fully saturated rings. The number of nitrogens with zero attached hydrogens (tertiary/aromatic N) is 2. The van der Waals surface area contributed by atoms with Crippen molar-refractivity contribution in [3.63, 3.8) is 0 Å². The zero-order chi connectivity index (χ0) is 40.2. The van der Waals surface area contributed by atoms with Gasteiger partial charge in [-0.05, 0) is 67.2 Å². The Kier molecular flexibility index (Phi) is 11.4. The van der Waals surface area contributed by atoms with Crippen LogP contribution in [0.25, 0.3) is 0 Å². The van der Waals surface area contributed by atoms with E-state index in [1.807, 2.05) is 39.0 Å². The summed E-state index contributed by atoms with van der Waals surface area (Å²) in [5.74, 6) is -4.48. The third kappa shape index (κ3) is 7.85. The summed E-state index contributed by atoms with van der Waals surface area (Å²) in [6.45, 7) is 8.38. The largest absolute Gasteiger partial charge is 0.454 e. The van der Waals surface area contributed by atoms with Crippen LogP contribution in [0.5, 0.6) is 0 Å². The topological polar surface area (TPSA) is 138 Å². The van der Waals surface area contributed by atoms with Crippen LogP contribution in [-0.2, 0) is 40.8 Å². The number of hydrogen-bond acceptors (Lipinski definition) is 10. The SMILES string of the molecule is CC(=O)O[C@@H]1C(C)=C[C@@H]2[C@H](C(C)CN(Cc3ccccc3C)C(=O)CC(F)(F)F)CC[C@@H](C)[C@]2(O)[C@H]1OC(=O)[C@@H]1C[C@@]2(O)c3cccc(Cl)c3N(C)O[C@H]2N1. The molecule has 15 heteroatoms. The van der Waals surface area contributed by atoms with E-state index >= 15 is 0 Å². The van der Waals surface area contributed by atoms with Crippen molar-refractivity contribution < 1.29 is 52.1 Å². The molecule has 4 aliphatic rings. The molecule has 1 amide bonds. The summed E-state index contributed by atoms with van der Waals surface area (Å²) in [7, 11) is 1.63. The van der Waals surface area contributed by atoms with Crippen LogP contribution in [0.4, 0.5) is 18.9 Å². The van der Waals surface area contributed by atoms with Crippen LogP contribution in [0, 0.1) is 30.6 Å². The first-order chi connectivity index (χ1) is 25.7. The standard InChI is InChI=1S/C40H49ClF3N3O8/c1-21-10-7-8-11-26(21)20-47(32(49)18-39(42,43)44)19-23(3)27-15-14-24(4)40(52)29(27)16-22(2)34(53-25(5)48)35(40)54-36(50)31-17-38(51)28-12-9-13-30(41)33(28)46(6)55-37(38)45-31/h7-13,16,23-24,27,29,31,34-35,37,45,51-52H,14-15,17-20H2,1-6H3/t23?,24-,27+,29-,31+,34-,35+,37-,38-,40-/m1/s1. The van der Waals surface area contributed by atoms with E-state index in [-0.39, 0.29) is 25.4 Å². The predicted molar refractivity (Wildman–Crippen MR) is 196 cm³/mol. The predicted octanol–water partition coefficient (Wildman–Crippen LogP) is 5.72. The van der Waals surface area contributed by atoms with Crippen LogP contribution in [0.15, 0.2) is 54.1 Å². The molecule has 0 radical (unpaired) electrons. The number of fused-ring (bicyclic) bond motifs is 4. The first-order valence-corrected chi connectivity index (χ1v) is 19.0. The van der Waals surface area contributed by atoms with Crippen molar-refractivity contribution in [2.45, 2.75) is 109 Å². The van der Waals surface area contributed by atoms with E-state index in [1.54, 1.807) is 44.3 Å². The lowest BCUT2D eigenvalue weighted by Gasteiger charge is -2.56. The first-order valence-electron chi connectivity index (χ1n) is 18.6. The lowest BCUT2D eigenvalue weighted by atomic mass is 9.55. The molecule has 1 saturated carbocycles. The summed E-state index contributed by atoms with van der Waals surface area (Å²) in [6, 6.07) is 11.1. The number of hydrogen-bond donors (Lipinski definition) is 3. The average Bonchev–Trinajstić information content (AvgIpc) is 3.44. The number of para-hydroxylation sites is 1. The summed E-state index contributed by atoms with van der Waals surface area (Å²) < 4.78 is 52.5. The summed E-state index contributed by atoms with van der Waals surface area (Å²) in [5, 5.41) is 29.6. The normalized spacial score (nSPS) is 32.0. The minimum atomic E-state index is -4.70. The number of aliphatic hydroxyl groups is 2. The van der Waals surface area contributed by atoms with Gasteiger partial charge < -0.3 is 24.6 Å². The highest BCUT2D eigenvalue weighted by Gasteiger charge is 2.62. The van der Waals surface area contributed by atoms with Gasteiger partial charge in [0.05, 0.1) is 10.7 Å². The van der Waals surface area contributed by atoms with Gasteiger partial charge in [0.1, 0.15) is 23.7 Å². The van der Waals surface area contributed by atoms with E-state index in [2.05, 4.69) is 5.32 Å². The maximum atomic E-state index is 14.2. The van der Waals surface area contributed by atoms with E-state index in [4.69, 9.17) is 25.9 Å². The number of nitrogens with one attached hydrogen (secondary N) is 1. The van der Waals surface area contributed by atoms with Gasteiger partial charge in [0, 0.05) is 45.0 Å². The van der Waals surface area contributed by atoms with Gasteiger partial charge >= 0.3 is 18.1 Å². The Bertz CT molecular complexity index is 1840. The van der Waals surface area contributed by atoms with Crippen LogP contribution < -0.4 is 10.4 Å². The lowest BCUT2D eigenvalue weighted by molar-refractivity contribution is -0.225. The second-order valence-electron chi connectivity index (χ2n) is 15.8. The van der Waals surface area contributed by atoms with Crippen molar-refractivity contribution in [2.24, 2.45) is 23.7 Å². The second-order valence-corrected chi connectivity index (χ2v) is 16.2. The zero-order valence-corrected chi connectivity index (χ0v) is 32.5. The molecular weight excluding hydrogens is 743 g/mol. The van der Waals surface area contributed by atoms with E-state index < -0.39 is 83.9 Å². The number of benzene rings is 2. The maximum absolute atomic E-state index is 14.2. The van der Waals surface area contributed by atoms with Crippen molar-refractivity contribution in [2.75, 3.05) is 18.7 Å². The van der Waals surface area contributed by atoms with Gasteiger partial charge in [0.2, 0.25) is 5.91 Å². The Morgan fingerprint density at radius 3 is 2.49 bits per heavy atom. The van der Waals surface area contributed by atoms with Crippen molar-refractivity contribution in [3.05, 3.63) is 75.8 Å². The number of aryl methyl sites for hydroxylation is 1. The van der Waals surface area contributed by atoms with Crippen molar-refractivity contribution >= 4 is 35.1 Å². The van der Waals surface area contributed by atoms with E-state index in [0.717, 1.165) is 11.1 Å². The van der Waals surface area contributed by atoms with Gasteiger partial charge in [-0.1, -0.05) is 67.9 Å². The lowest BCUT2D eigenvalue weighted by Crippen LogP contribution is -2.66. The third-order valence-corrected chi connectivity index (χ3v) is 12.4. The molecule has 2 aliphatic heterocycles. The monoisotopic (exact) mass is 791 g/mol. The number of hydroxylamine groups is 1. The highest BCUT2D eigenvalue weighted by molar-refractivity contribution is 6.33. The molecule has 0 spiro atoms. The van der Waals surface area contributed by atoms with Gasteiger partial charge in [0.25, 0.3) is 0 Å². The Balaban J connectivity index is 1.29. The molecule has 300 valence electrons. The van der Waals surface area contributed by atoms with Crippen molar-refractivity contribution in [1.29, 1.82) is 0 Å². The minimum absolute atomic E-state index is 0.0223. The van der Waals surface area contributed by atoms with E-state index in [9.17, 15) is 37.8 Å². The molecule has 2 aliphatic carbocycles. The van der Waals surface area contributed by atoms with Crippen molar-refractivity contribution in [3.8, 4) is 0 Å². The van der Waals surface area contributed by atoms with Crippen molar-refractivity contribution in [1.82, 2.24) is 10.2 Å². The maximum Gasteiger partial charge on any atom is 0.397 e. The molecule has 11 nitrogen and oxygen atoms in total. The number of esters is 2. The highest BCUT2D eigenvalue weighted by atomic mass is 35.5. The number of halogens is 4. The van der Waals surface area contributed by atoms with Gasteiger partial charge in [0.15, 0.2) is 18.4 Å². The summed E-state index contributed by atoms with van der Waals surface area (Å²) in [6.07, 6.45) is -7.22. The number of ether oxygens (including phenoxy) is 2. The van der Waals surface area contributed by atoms with Gasteiger partial charge in [-0.3, -0.25) is 29.6 Å². The minimum Gasteiger partial charge on any atom is -0.454 e. The van der Waals surface area contributed by atoms with Crippen LogP contribution in [-0.4, -0.2) is 82.8 Å². The molecule has 3 N–H and O–H groups in total. The fourth-order valence-corrected chi connectivity index (χ4v) is 9.47. The fourth-order valence-electron chi connectivity index (χ4n) is 9.17. The molecule has 2 aromatic carbocycles. The number of rotatable bonds is 9. The number of amides is 1. The van der Waals surface area contributed by atoms with Gasteiger partial charge in [-0.15, -0.1) is 0 Å². The Morgan fingerprint density at radius 2 is 1.82 bits per heavy atom. The molecular formula is C40H49ClF3N3O8. The van der Waals surface area contributed by atoms with E-state index in [0.29, 0.717) is 34.7 Å². The summed E-state index contributed by atoms with van der Waals surface area (Å²) >= 11 is 6.44. The highest BCUT2D eigenvalue weighted by Crippen LogP contribution is 2.53. The average molecular weight is 792 g/mol. The Hall–Kier alpha value is -3.69.